The number of nitrogens with zero attached hydrogens (tertiary/aromatic N) is 1. The van der Waals surface area contributed by atoms with Crippen LogP contribution in [0.3, 0.4) is 0 Å². The molecule has 21 heavy (non-hydrogen) atoms. The first-order valence-corrected chi connectivity index (χ1v) is 6.54. The van der Waals surface area contributed by atoms with Gasteiger partial charge in [0, 0.05) is 22.3 Å². The van der Waals surface area contributed by atoms with E-state index in [0.29, 0.717) is 5.69 Å². The molecule has 2 N–H and O–H groups in total. The number of halogens is 1. The van der Waals surface area contributed by atoms with Gasteiger partial charge >= 0.3 is 0 Å². The minimum absolute atomic E-state index is 0.167. The molecule has 2 aromatic rings. The zero-order valence-electron chi connectivity index (χ0n) is 10.7. The highest BCUT2D eigenvalue weighted by molar-refractivity contribution is 6.31. The Labute approximate surface area is 124 Å². The number of amides is 1. The van der Waals surface area contributed by atoms with Gasteiger partial charge in [0.15, 0.2) is 0 Å². The topological polar surface area (TPSA) is 84.3 Å². The van der Waals surface area contributed by atoms with E-state index in [-0.39, 0.29) is 22.3 Å². The van der Waals surface area contributed by atoms with Gasteiger partial charge in [-0.1, -0.05) is 29.8 Å². The number of nitrogens with one attached hydrogen (secondary N) is 2. The summed E-state index contributed by atoms with van der Waals surface area (Å²) in [5, 5.41) is 17.0. The molecule has 1 unspecified atom stereocenters. The van der Waals surface area contributed by atoms with Crippen LogP contribution < -0.4 is 10.6 Å². The van der Waals surface area contributed by atoms with E-state index in [1.54, 1.807) is 12.1 Å². The maximum Gasteiger partial charge on any atom is 0.293 e. The molecule has 0 aromatic heterocycles. The molecule has 0 bridgehead atoms. The maximum atomic E-state index is 12.0. The number of anilines is 2. The van der Waals surface area contributed by atoms with Gasteiger partial charge in [-0.15, -0.1) is 0 Å². The lowest BCUT2D eigenvalue weighted by Gasteiger charge is -2.13. The number of nitro benzene ring substituents is 1. The summed E-state index contributed by atoms with van der Waals surface area (Å²) in [5.74, 6) is -0.250. The second-order valence-electron chi connectivity index (χ2n) is 4.57. The quantitative estimate of drug-likeness (QED) is 0.672. The Bertz CT molecular complexity index is 748. The number of carbonyl (C=O) groups is 1. The second kappa shape index (κ2) is 5.06. The molecule has 0 radical (unpaired) electrons. The molecule has 7 heteroatoms. The van der Waals surface area contributed by atoms with Crippen LogP contribution in [0.1, 0.15) is 11.6 Å². The molecule has 0 fully saturated rings. The fourth-order valence-electron chi connectivity index (χ4n) is 2.29. The van der Waals surface area contributed by atoms with Crippen LogP contribution in [0.25, 0.3) is 0 Å². The summed E-state index contributed by atoms with van der Waals surface area (Å²) in [6.45, 7) is 0. The Morgan fingerprint density at radius 2 is 2.00 bits per heavy atom. The van der Waals surface area contributed by atoms with Crippen LogP contribution in [0.2, 0.25) is 5.02 Å². The summed E-state index contributed by atoms with van der Waals surface area (Å²) in [7, 11) is 0. The van der Waals surface area contributed by atoms with Gasteiger partial charge in [-0.25, -0.2) is 0 Å². The SMILES string of the molecule is O=C1Nc2ccccc2C1Nc1ccc(Cl)cc1[N+](=O)[O-]. The number of hydrogen-bond donors (Lipinski definition) is 2. The third-order valence-electron chi connectivity index (χ3n) is 3.25. The van der Waals surface area contributed by atoms with Crippen LogP contribution in [0, 0.1) is 10.1 Å². The summed E-state index contributed by atoms with van der Waals surface area (Å²) in [5.41, 5.74) is 1.55. The largest absolute Gasteiger partial charge is 0.364 e. The third-order valence-corrected chi connectivity index (χ3v) is 3.48. The standard InChI is InChI=1S/C14H10ClN3O3/c15-8-5-6-11(12(7-8)18(20)21)16-13-9-3-1-2-4-10(9)17-14(13)19/h1-7,13,16H,(H,17,19). The summed E-state index contributed by atoms with van der Waals surface area (Å²) < 4.78 is 0. The van der Waals surface area contributed by atoms with E-state index in [0.717, 1.165) is 5.56 Å². The van der Waals surface area contributed by atoms with Gasteiger partial charge < -0.3 is 10.6 Å². The first-order chi connectivity index (χ1) is 10.1. The smallest absolute Gasteiger partial charge is 0.293 e. The van der Waals surface area contributed by atoms with Crippen molar-refractivity contribution < 1.29 is 9.72 Å². The molecule has 6 nitrogen and oxygen atoms in total. The number of nitro groups is 1. The highest BCUT2D eigenvalue weighted by atomic mass is 35.5. The van der Waals surface area contributed by atoms with Crippen molar-refractivity contribution >= 4 is 34.6 Å². The molecule has 1 aliphatic rings. The molecule has 1 atom stereocenters. The van der Waals surface area contributed by atoms with Crippen LogP contribution in [-0.2, 0) is 4.79 Å². The molecule has 3 rings (SSSR count). The highest BCUT2D eigenvalue weighted by Gasteiger charge is 2.31. The number of rotatable bonds is 3. The van der Waals surface area contributed by atoms with Crippen LogP contribution in [0.5, 0.6) is 0 Å². The minimum Gasteiger partial charge on any atom is -0.364 e. The normalized spacial score (nSPS) is 16.2. The Morgan fingerprint density at radius 3 is 2.76 bits per heavy atom. The predicted molar refractivity (Wildman–Crippen MR) is 79.5 cm³/mol. The molecule has 0 saturated heterocycles. The molecule has 1 aliphatic heterocycles. The third kappa shape index (κ3) is 2.41. The van der Waals surface area contributed by atoms with E-state index in [1.807, 2.05) is 12.1 Å². The summed E-state index contributed by atoms with van der Waals surface area (Å²) in [4.78, 5) is 22.6. The molecular weight excluding hydrogens is 294 g/mol. The lowest BCUT2D eigenvalue weighted by Crippen LogP contribution is -2.20. The Hall–Kier alpha value is -2.60. The van der Waals surface area contributed by atoms with Crippen LogP contribution in [-0.4, -0.2) is 10.8 Å². The zero-order valence-corrected chi connectivity index (χ0v) is 11.4. The van der Waals surface area contributed by atoms with Crippen molar-refractivity contribution in [3.8, 4) is 0 Å². The van der Waals surface area contributed by atoms with Crippen molar-refractivity contribution in [2.75, 3.05) is 10.6 Å². The summed E-state index contributed by atoms with van der Waals surface area (Å²) in [6.07, 6.45) is 0. The lowest BCUT2D eigenvalue weighted by atomic mass is 10.1. The van der Waals surface area contributed by atoms with Gasteiger partial charge in [0.2, 0.25) is 0 Å². The van der Waals surface area contributed by atoms with Crippen molar-refractivity contribution in [3.63, 3.8) is 0 Å². The fraction of sp³-hybridized carbons (Fsp3) is 0.0714. The fourth-order valence-corrected chi connectivity index (χ4v) is 2.45. The molecule has 1 amide bonds. The van der Waals surface area contributed by atoms with Gasteiger partial charge in [0.25, 0.3) is 11.6 Å². The Balaban J connectivity index is 1.98. The monoisotopic (exact) mass is 303 g/mol. The van der Waals surface area contributed by atoms with E-state index >= 15 is 0 Å². The molecule has 0 saturated carbocycles. The average Bonchev–Trinajstić information content (AvgIpc) is 2.77. The van der Waals surface area contributed by atoms with Crippen LogP contribution in [0.15, 0.2) is 42.5 Å². The van der Waals surface area contributed by atoms with Crippen molar-refractivity contribution in [2.24, 2.45) is 0 Å². The van der Waals surface area contributed by atoms with Gasteiger partial charge in [-0.05, 0) is 18.2 Å². The number of hydrogen-bond acceptors (Lipinski definition) is 4. The van der Waals surface area contributed by atoms with E-state index in [2.05, 4.69) is 10.6 Å². The highest BCUT2D eigenvalue weighted by Crippen LogP contribution is 2.36. The summed E-state index contributed by atoms with van der Waals surface area (Å²) in [6, 6.07) is 10.8. The maximum absolute atomic E-state index is 12.0. The average molecular weight is 304 g/mol. The molecule has 106 valence electrons. The van der Waals surface area contributed by atoms with Gasteiger partial charge in [0.1, 0.15) is 11.7 Å². The number of para-hydroxylation sites is 1. The van der Waals surface area contributed by atoms with Crippen molar-refractivity contribution in [1.29, 1.82) is 0 Å². The van der Waals surface area contributed by atoms with Crippen molar-refractivity contribution in [2.45, 2.75) is 6.04 Å². The van der Waals surface area contributed by atoms with E-state index in [9.17, 15) is 14.9 Å². The first kappa shape index (κ1) is 13.4. The van der Waals surface area contributed by atoms with Gasteiger partial charge in [-0.2, -0.15) is 0 Å². The van der Waals surface area contributed by atoms with Gasteiger partial charge in [0.05, 0.1) is 4.92 Å². The Kier molecular flexibility index (Phi) is 3.23. The first-order valence-electron chi connectivity index (χ1n) is 6.16. The van der Waals surface area contributed by atoms with Crippen LogP contribution in [0.4, 0.5) is 17.1 Å². The number of benzene rings is 2. The van der Waals surface area contributed by atoms with E-state index in [4.69, 9.17) is 11.6 Å². The van der Waals surface area contributed by atoms with Crippen molar-refractivity contribution in [1.82, 2.24) is 0 Å². The minimum atomic E-state index is -0.666. The lowest BCUT2D eigenvalue weighted by molar-refractivity contribution is -0.384. The number of fused-ring (bicyclic) bond motifs is 1. The second-order valence-corrected chi connectivity index (χ2v) is 5.01. The van der Waals surface area contributed by atoms with Gasteiger partial charge in [-0.3, -0.25) is 14.9 Å². The number of carbonyl (C=O) groups excluding carboxylic acids is 1. The molecule has 2 aromatic carbocycles. The van der Waals surface area contributed by atoms with E-state index < -0.39 is 11.0 Å². The summed E-state index contributed by atoms with van der Waals surface area (Å²) >= 11 is 5.78. The van der Waals surface area contributed by atoms with Crippen molar-refractivity contribution in [3.05, 3.63) is 63.2 Å². The molecular formula is C14H10ClN3O3. The zero-order chi connectivity index (χ0) is 15.0. The Morgan fingerprint density at radius 1 is 1.24 bits per heavy atom. The predicted octanol–water partition coefficient (Wildman–Crippen LogP) is 3.35. The molecule has 1 heterocycles. The van der Waals surface area contributed by atoms with E-state index in [1.165, 1.54) is 18.2 Å². The molecule has 0 aliphatic carbocycles. The molecule has 0 spiro atoms. The van der Waals surface area contributed by atoms with Crippen LogP contribution >= 0.6 is 11.6 Å².